The molecular weight excluding hydrogens is 354 g/mol. The minimum atomic E-state index is -0.915. The van der Waals surface area contributed by atoms with E-state index < -0.39 is 11.0 Å². The predicted molar refractivity (Wildman–Crippen MR) is 104 cm³/mol. The molecule has 2 aliphatic heterocycles. The van der Waals surface area contributed by atoms with Crippen LogP contribution in [0.5, 0.6) is 0 Å². The van der Waals surface area contributed by atoms with Gasteiger partial charge in [-0.2, -0.15) is 0 Å². The van der Waals surface area contributed by atoms with Gasteiger partial charge in [0.15, 0.2) is 0 Å². The molecule has 0 amide bonds. The molecule has 5 nitrogen and oxygen atoms in total. The highest BCUT2D eigenvalue weighted by Gasteiger charge is 2.78. The van der Waals surface area contributed by atoms with Crippen LogP contribution < -0.4 is 0 Å². The SMILES string of the molecule is CC(C)C(=O)CC[C@]12COC(=O)[C@@H]3C[C@]14CN(C)C[C@H]2CCC1=CC[C@H]3[C@@]14O. The summed E-state index contributed by atoms with van der Waals surface area (Å²) in [5, 5.41) is 12.4. The molecule has 0 radical (unpaired) electrons. The number of fused-ring (bicyclic) bond motifs is 2. The topological polar surface area (TPSA) is 66.8 Å². The maximum Gasteiger partial charge on any atom is 0.309 e. The van der Waals surface area contributed by atoms with Gasteiger partial charge < -0.3 is 14.7 Å². The first kappa shape index (κ1) is 18.8. The zero-order chi connectivity index (χ0) is 19.9. The lowest BCUT2D eigenvalue weighted by Crippen LogP contribution is -2.68. The van der Waals surface area contributed by atoms with E-state index in [2.05, 4.69) is 18.0 Å². The van der Waals surface area contributed by atoms with Crippen molar-refractivity contribution in [1.82, 2.24) is 4.90 Å². The number of hydrogen-bond acceptors (Lipinski definition) is 5. The number of allylic oxidation sites excluding steroid dienone is 1. The van der Waals surface area contributed by atoms with Gasteiger partial charge in [-0.3, -0.25) is 9.59 Å². The van der Waals surface area contributed by atoms with E-state index in [1.54, 1.807) is 0 Å². The number of nitrogens with zero attached hydrogens (tertiary/aromatic N) is 1. The van der Waals surface area contributed by atoms with Crippen molar-refractivity contribution in [3.8, 4) is 0 Å². The van der Waals surface area contributed by atoms with Gasteiger partial charge in [0.25, 0.3) is 0 Å². The van der Waals surface area contributed by atoms with Crippen molar-refractivity contribution in [2.75, 3.05) is 26.7 Å². The van der Waals surface area contributed by atoms with Crippen LogP contribution >= 0.6 is 0 Å². The molecule has 5 aliphatic rings. The number of ether oxygens (including phenoxy) is 1. The summed E-state index contributed by atoms with van der Waals surface area (Å²) in [6.07, 6.45) is 6.87. The van der Waals surface area contributed by atoms with Gasteiger partial charge in [-0.05, 0) is 50.6 Å². The van der Waals surface area contributed by atoms with E-state index in [4.69, 9.17) is 4.74 Å². The Balaban J connectivity index is 1.69. The van der Waals surface area contributed by atoms with Gasteiger partial charge in [-0.15, -0.1) is 0 Å². The van der Waals surface area contributed by atoms with Crippen molar-refractivity contribution < 1.29 is 19.4 Å². The van der Waals surface area contributed by atoms with E-state index in [-0.39, 0.29) is 34.9 Å². The molecule has 28 heavy (non-hydrogen) atoms. The molecule has 0 aromatic heterocycles. The summed E-state index contributed by atoms with van der Waals surface area (Å²) >= 11 is 0. The van der Waals surface area contributed by atoms with E-state index in [1.807, 2.05) is 13.8 Å². The van der Waals surface area contributed by atoms with E-state index in [0.717, 1.165) is 38.8 Å². The molecule has 3 bridgehead atoms. The van der Waals surface area contributed by atoms with Crippen molar-refractivity contribution in [3.63, 3.8) is 0 Å². The summed E-state index contributed by atoms with van der Waals surface area (Å²) in [5.41, 5.74) is -0.443. The fraction of sp³-hybridized carbons (Fsp3) is 0.826. The lowest BCUT2D eigenvalue weighted by Gasteiger charge is -2.62. The van der Waals surface area contributed by atoms with Crippen molar-refractivity contribution in [1.29, 1.82) is 0 Å². The molecule has 5 rings (SSSR count). The van der Waals surface area contributed by atoms with Crippen LogP contribution in [0.4, 0.5) is 0 Å². The minimum absolute atomic E-state index is 0.0182. The number of carbonyl (C=O) groups is 2. The van der Waals surface area contributed by atoms with Crippen LogP contribution in [0.3, 0.4) is 0 Å². The van der Waals surface area contributed by atoms with Gasteiger partial charge in [-0.25, -0.2) is 0 Å². The maximum atomic E-state index is 13.0. The van der Waals surface area contributed by atoms with Crippen LogP contribution in [0.25, 0.3) is 0 Å². The van der Waals surface area contributed by atoms with Gasteiger partial charge in [0.05, 0.1) is 18.1 Å². The quantitative estimate of drug-likeness (QED) is 0.593. The highest BCUT2D eigenvalue weighted by Crippen LogP contribution is 2.74. The molecule has 2 heterocycles. The second-order valence-electron chi connectivity index (χ2n) is 10.5. The third-order valence-corrected chi connectivity index (χ3v) is 9.23. The van der Waals surface area contributed by atoms with E-state index >= 15 is 0 Å². The number of carbonyl (C=O) groups excluding carboxylic acids is 2. The summed E-state index contributed by atoms with van der Waals surface area (Å²) in [7, 11) is 2.15. The van der Waals surface area contributed by atoms with Gasteiger partial charge in [0.1, 0.15) is 5.78 Å². The molecule has 2 saturated heterocycles. The first-order valence-electron chi connectivity index (χ1n) is 11.0. The number of cyclic esters (lactones) is 1. The molecule has 154 valence electrons. The van der Waals surface area contributed by atoms with Crippen LogP contribution in [0.15, 0.2) is 11.6 Å². The highest BCUT2D eigenvalue weighted by atomic mass is 16.5. The number of esters is 1. The summed E-state index contributed by atoms with van der Waals surface area (Å²) < 4.78 is 5.93. The van der Waals surface area contributed by atoms with Gasteiger partial charge in [0.2, 0.25) is 0 Å². The van der Waals surface area contributed by atoms with Crippen LogP contribution in [-0.2, 0) is 14.3 Å². The van der Waals surface area contributed by atoms with Crippen LogP contribution in [0.2, 0.25) is 0 Å². The zero-order valence-electron chi connectivity index (χ0n) is 17.4. The Kier molecular flexibility index (Phi) is 3.97. The third-order valence-electron chi connectivity index (χ3n) is 9.23. The molecule has 0 aromatic rings. The van der Waals surface area contributed by atoms with E-state index in [1.165, 1.54) is 5.57 Å². The Morgan fingerprint density at radius 2 is 2.21 bits per heavy atom. The molecule has 0 unspecified atom stereocenters. The number of Topliss-reactive ketones (excluding diaryl/α,β-unsaturated/α-hetero) is 1. The standard InChI is InChI=1S/C23H33NO4/c1-14(2)19(25)8-9-21-13-28-20(26)17-10-22(21)12-24(3)11-16(21)5-4-15-6-7-18(17)23(15,22)27/h6,14,16-18,27H,4-5,7-13H2,1-3H3/t16-,17-,18-,21-,22+,23+/m1/s1. The first-order valence-corrected chi connectivity index (χ1v) is 11.0. The summed E-state index contributed by atoms with van der Waals surface area (Å²) in [5.74, 6) is 0.239. The molecule has 3 aliphatic carbocycles. The second kappa shape index (κ2) is 5.91. The molecule has 0 aromatic carbocycles. The Morgan fingerprint density at radius 1 is 1.43 bits per heavy atom. The Bertz CT molecular complexity index is 760. The van der Waals surface area contributed by atoms with Crippen molar-refractivity contribution in [2.45, 2.75) is 58.0 Å². The normalized spacial score (nSPS) is 46.8. The van der Waals surface area contributed by atoms with Crippen LogP contribution in [0, 0.1) is 34.5 Å². The molecule has 4 fully saturated rings. The monoisotopic (exact) mass is 387 g/mol. The Labute approximate surface area is 167 Å². The van der Waals surface area contributed by atoms with Crippen LogP contribution in [0.1, 0.15) is 52.4 Å². The second-order valence-corrected chi connectivity index (χ2v) is 10.5. The predicted octanol–water partition coefficient (Wildman–Crippen LogP) is 2.57. The number of rotatable bonds is 4. The molecule has 2 saturated carbocycles. The average Bonchev–Trinajstić information content (AvgIpc) is 3.03. The van der Waals surface area contributed by atoms with Crippen molar-refractivity contribution in [3.05, 3.63) is 11.6 Å². The van der Waals surface area contributed by atoms with E-state index in [0.29, 0.717) is 25.4 Å². The first-order chi connectivity index (χ1) is 13.2. The molecular formula is C23H33NO4. The number of aliphatic hydroxyl groups is 1. The third kappa shape index (κ3) is 2.05. The van der Waals surface area contributed by atoms with Crippen LogP contribution in [-0.4, -0.2) is 54.1 Å². The lowest BCUT2D eigenvalue weighted by atomic mass is 9.48. The Morgan fingerprint density at radius 3 is 2.96 bits per heavy atom. The van der Waals surface area contributed by atoms with E-state index in [9.17, 15) is 14.7 Å². The molecule has 6 atom stereocenters. The number of ketones is 1. The Hall–Kier alpha value is -1.20. The molecule has 5 heteroatoms. The van der Waals surface area contributed by atoms with Gasteiger partial charge >= 0.3 is 5.97 Å². The number of piperidine rings is 1. The summed E-state index contributed by atoms with van der Waals surface area (Å²) in [6, 6.07) is 0. The molecule has 1 N–H and O–H groups in total. The zero-order valence-corrected chi connectivity index (χ0v) is 17.4. The largest absolute Gasteiger partial charge is 0.465 e. The smallest absolute Gasteiger partial charge is 0.309 e. The summed E-state index contributed by atoms with van der Waals surface area (Å²) in [4.78, 5) is 27.9. The minimum Gasteiger partial charge on any atom is -0.465 e. The fourth-order valence-electron chi connectivity index (χ4n) is 7.97. The number of likely N-dealkylation sites (tertiary alicyclic amines) is 1. The maximum absolute atomic E-state index is 13.0. The van der Waals surface area contributed by atoms with Crippen molar-refractivity contribution >= 4 is 11.8 Å². The van der Waals surface area contributed by atoms with Gasteiger partial charge in [0, 0.05) is 42.2 Å². The average molecular weight is 388 g/mol. The fourth-order valence-corrected chi connectivity index (χ4v) is 7.97. The van der Waals surface area contributed by atoms with Crippen molar-refractivity contribution in [2.24, 2.45) is 34.5 Å². The van der Waals surface area contributed by atoms with Gasteiger partial charge in [-0.1, -0.05) is 19.9 Å². The number of hydrogen-bond donors (Lipinski definition) is 1. The summed E-state index contributed by atoms with van der Waals surface area (Å²) in [6.45, 7) is 6.03. The molecule has 1 spiro atoms. The highest BCUT2D eigenvalue weighted by molar-refractivity contribution is 5.80. The lowest BCUT2D eigenvalue weighted by molar-refractivity contribution is -0.207.